The molecule has 0 atom stereocenters. The van der Waals surface area contributed by atoms with Gasteiger partial charge in [-0.3, -0.25) is 9.59 Å². The molecule has 0 bridgehead atoms. The molecule has 1 saturated heterocycles. The van der Waals surface area contributed by atoms with E-state index in [0.29, 0.717) is 23.7 Å². The summed E-state index contributed by atoms with van der Waals surface area (Å²) >= 11 is 2.79. The van der Waals surface area contributed by atoms with Crippen LogP contribution in [0.3, 0.4) is 0 Å². The van der Waals surface area contributed by atoms with Crippen molar-refractivity contribution in [2.75, 3.05) is 45.4 Å². The Bertz CT molecular complexity index is 930. The highest BCUT2D eigenvalue weighted by Gasteiger charge is 2.16. The number of benzene rings is 1. The van der Waals surface area contributed by atoms with E-state index in [0.717, 1.165) is 41.9 Å². The molecule has 0 radical (unpaired) electrons. The maximum atomic E-state index is 12.5. The number of carbonyl (C=O) groups excluding carboxylic acids is 2. The largest absolute Gasteiger partial charge is 0.497 e. The number of aromatic nitrogens is 1. The molecule has 1 aliphatic rings. The van der Waals surface area contributed by atoms with E-state index in [-0.39, 0.29) is 17.6 Å². The Labute approximate surface area is 185 Å². The molecular weight excluding hydrogens is 422 g/mol. The molecule has 1 aromatic heterocycles. The van der Waals surface area contributed by atoms with Gasteiger partial charge in [0.15, 0.2) is 4.80 Å². The van der Waals surface area contributed by atoms with Crippen LogP contribution in [0.4, 0.5) is 0 Å². The topological polar surface area (TPSA) is 73.1 Å². The molecule has 1 aromatic carbocycles. The summed E-state index contributed by atoms with van der Waals surface area (Å²) in [5.41, 5.74) is 0.994. The third-order valence-corrected chi connectivity index (χ3v) is 6.98. The maximum absolute atomic E-state index is 12.5. The smallest absolute Gasteiger partial charge is 0.258 e. The molecule has 9 heteroatoms. The number of likely N-dealkylation sites (tertiary alicyclic amines) is 1. The van der Waals surface area contributed by atoms with Crippen LogP contribution < -0.4 is 9.54 Å². The third kappa shape index (κ3) is 6.09. The molecule has 0 aliphatic carbocycles. The molecule has 3 rings (SSSR count). The van der Waals surface area contributed by atoms with Gasteiger partial charge in [0.1, 0.15) is 5.75 Å². The van der Waals surface area contributed by atoms with Crippen molar-refractivity contribution < 1.29 is 19.1 Å². The predicted octanol–water partition coefficient (Wildman–Crippen LogP) is 2.92. The minimum absolute atomic E-state index is 0.124. The second-order valence-electron chi connectivity index (χ2n) is 7.16. The highest BCUT2D eigenvalue weighted by atomic mass is 32.2. The normalized spacial score (nSPS) is 15.4. The number of thiazole rings is 1. The van der Waals surface area contributed by atoms with Crippen molar-refractivity contribution in [1.82, 2.24) is 9.47 Å². The Morgan fingerprint density at radius 1 is 1.13 bits per heavy atom. The van der Waals surface area contributed by atoms with Gasteiger partial charge in [0, 0.05) is 26.7 Å². The van der Waals surface area contributed by atoms with Gasteiger partial charge in [0.05, 0.1) is 35.4 Å². The number of nitrogens with zero attached hydrogens (tertiary/aromatic N) is 3. The van der Waals surface area contributed by atoms with E-state index >= 15 is 0 Å². The van der Waals surface area contributed by atoms with E-state index in [9.17, 15) is 9.59 Å². The zero-order valence-electron chi connectivity index (χ0n) is 17.6. The zero-order chi connectivity index (χ0) is 21.3. The Hall–Kier alpha value is -1.84. The Kier molecular flexibility index (Phi) is 8.77. The third-order valence-electron chi connectivity index (χ3n) is 5.04. The fraction of sp³-hybridized carbons (Fsp3) is 0.571. The van der Waals surface area contributed by atoms with Crippen molar-refractivity contribution in [2.45, 2.75) is 32.2 Å². The first-order valence-electron chi connectivity index (χ1n) is 10.2. The molecule has 0 spiro atoms. The molecule has 164 valence electrons. The van der Waals surface area contributed by atoms with E-state index in [4.69, 9.17) is 9.47 Å². The molecule has 2 aromatic rings. The van der Waals surface area contributed by atoms with Gasteiger partial charge in [0.2, 0.25) is 5.91 Å². The lowest BCUT2D eigenvalue weighted by atomic mass is 10.2. The van der Waals surface area contributed by atoms with Crippen molar-refractivity contribution >= 4 is 45.1 Å². The van der Waals surface area contributed by atoms with E-state index in [1.807, 2.05) is 27.7 Å². The number of ether oxygens (including phenoxy) is 2. The Morgan fingerprint density at radius 2 is 1.90 bits per heavy atom. The quantitative estimate of drug-likeness (QED) is 0.617. The highest BCUT2D eigenvalue weighted by molar-refractivity contribution is 8.00. The lowest BCUT2D eigenvalue weighted by molar-refractivity contribution is -0.128. The first-order chi connectivity index (χ1) is 14.6. The molecule has 7 nitrogen and oxygen atoms in total. The summed E-state index contributed by atoms with van der Waals surface area (Å²) in [5, 5.41) is 0. The van der Waals surface area contributed by atoms with Gasteiger partial charge in [0.25, 0.3) is 5.91 Å². The number of fused-ring (bicyclic) bond motifs is 1. The lowest BCUT2D eigenvalue weighted by Crippen LogP contribution is -2.33. The predicted molar refractivity (Wildman–Crippen MR) is 121 cm³/mol. The number of thioether (sulfide) groups is 1. The molecular formula is C21H29N3O4S2. The second-order valence-corrected chi connectivity index (χ2v) is 9.15. The van der Waals surface area contributed by atoms with Gasteiger partial charge in [-0.15, -0.1) is 11.8 Å². The second kappa shape index (κ2) is 11.5. The fourth-order valence-electron chi connectivity index (χ4n) is 3.44. The molecule has 2 amide bonds. The average Bonchev–Trinajstić information content (AvgIpc) is 2.91. The van der Waals surface area contributed by atoms with E-state index in [2.05, 4.69) is 4.99 Å². The van der Waals surface area contributed by atoms with Crippen LogP contribution in [0.2, 0.25) is 0 Å². The molecule has 30 heavy (non-hydrogen) atoms. The fourth-order valence-corrected chi connectivity index (χ4v) is 5.24. The van der Waals surface area contributed by atoms with Gasteiger partial charge in [-0.1, -0.05) is 24.2 Å². The summed E-state index contributed by atoms with van der Waals surface area (Å²) in [7, 11) is 3.28. The van der Waals surface area contributed by atoms with Crippen molar-refractivity contribution in [3.05, 3.63) is 23.0 Å². The average molecular weight is 452 g/mol. The molecule has 2 heterocycles. The summed E-state index contributed by atoms with van der Waals surface area (Å²) in [6.45, 7) is 2.80. The van der Waals surface area contributed by atoms with Crippen LogP contribution in [0.15, 0.2) is 23.2 Å². The van der Waals surface area contributed by atoms with E-state index < -0.39 is 0 Å². The summed E-state index contributed by atoms with van der Waals surface area (Å²) in [4.78, 5) is 31.8. The number of hydrogen-bond acceptors (Lipinski definition) is 6. The monoisotopic (exact) mass is 451 g/mol. The zero-order valence-corrected chi connectivity index (χ0v) is 19.2. The standard InChI is InChI=1S/C21H29N3O4S2/c1-27-12-11-24-17-8-7-16(28-2)13-18(17)30-21(24)22-19(25)14-29-15-20(26)23-9-5-3-4-6-10-23/h7-8,13H,3-6,9-12,14-15H2,1-2H3. The SMILES string of the molecule is COCCn1c(=NC(=O)CSCC(=O)N2CCCCCC2)sc2cc(OC)ccc21. The number of amides is 2. The number of carbonyl (C=O) groups is 2. The van der Waals surface area contributed by atoms with Crippen molar-refractivity contribution in [1.29, 1.82) is 0 Å². The Morgan fingerprint density at radius 3 is 2.60 bits per heavy atom. The molecule has 0 saturated carbocycles. The number of rotatable bonds is 8. The molecule has 0 N–H and O–H groups in total. The van der Waals surface area contributed by atoms with Crippen LogP contribution in [0.1, 0.15) is 25.7 Å². The summed E-state index contributed by atoms with van der Waals surface area (Å²) in [6, 6.07) is 5.81. The van der Waals surface area contributed by atoms with Crippen molar-refractivity contribution in [3.8, 4) is 5.75 Å². The Balaban J connectivity index is 1.67. The van der Waals surface area contributed by atoms with Crippen molar-refractivity contribution in [2.24, 2.45) is 4.99 Å². The van der Waals surface area contributed by atoms with Crippen LogP contribution in [-0.4, -0.2) is 66.7 Å². The van der Waals surface area contributed by atoms with E-state index in [1.54, 1.807) is 14.2 Å². The minimum atomic E-state index is -0.228. The van der Waals surface area contributed by atoms with Gasteiger partial charge >= 0.3 is 0 Å². The summed E-state index contributed by atoms with van der Waals surface area (Å²) in [5.74, 6) is 1.19. The first kappa shape index (κ1) is 22.8. The minimum Gasteiger partial charge on any atom is -0.497 e. The number of hydrogen-bond donors (Lipinski definition) is 0. The molecule has 1 fully saturated rings. The lowest BCUT2D eigenvalue weighted by Gasteiger charge is -2.19. The van der Waals surface area contributed by atoms with Crippen molar-refractivity contribution in [3.63, 3.8) is 0 Å². The van der Waals surface area contributed by atoms with Gasteiger partial charge in [-0.25, -0.2) is 0 Å². The molecule has 1 aliphatic heterocycles. The van der Waals surface area contributed by atoms with Gasteiger partial charge in [-0.2, -0.15) is 4.99 Å². The van der Waals surface area contributed by atoms with Crippen LogP contribution in [0.5, 0.6) is 5.75 Å². The molecule has 0 unspecified atom stereocenters. The van der Waals surface area contributed by atoms with Gasteiger partial charge < -0.3 is 18.9 Å². The first-order valence-corrected chi connectivity index (χ1v) is 12.2. The maximum Gasteiger partial charge on any atom is 0.258 e. The van der Waals surface area contributed by atoms with E-state index in [1.165, 1.54) is 35.9 Å². The van der Waals surface area contributed by atoms with Crippen LogP contribution in [-0.2, 0) is 20.9 Å². The van der Waals surface area contributed by atoms with Crippen LogP contribution in [0.25, 0.3) is 10.2 Å². The summed E-state index contributed by atoms with van der Waals surface area (Å²) in [6.07, 6.45) is 4.53. The summed E-state index contributed by atoms with van der Waals surface area (Å²) < 4.78 is 13.5. The van der Waals surface area contributed by atoms with Gasteiger partial charge in [-0.05, 0) is 31.0 Å². The highest BCUT2D eigenvalue weighted by Crippen LogP contribution is 2.23. The van der Waals surface area contributed by atoms with Crippen LogP contribution >= 0.6 is 23.1 Å². The number of methoxy groups -OCH3 is 2. The van der Waals surface area contributed by atoms with Crippen LogP contribution in [0, 0.1) is 0 Å².